The first-order chi connectivity index (χ1) is 9.06. The van der Waals surface area contributed by atoms with Gasteiger partial charge in [-0.3, -0.25) is 9.69 Å². The zero-order valence-electron chi connectivity index (χ0n) is 11.9. The van der Waals surface area contributed by atoms with Gasteiger partial charge >= 0.3 is 5.97 Å². The molecule has 1 unspecified atom stereocenters. The van der Waals surface area contributed by atoms with E-state index in [-0.39, 0.29) is 12.6 Å². The predicted octanol–water partition coefficient (Wildman–Crippen LogP) is 2.52. The highest BCUT2D eigenvalue weighted by molar-refractivity contribution is 5.69. The van der Waals surface area contributed by atoms with Crippen molar-refractivity contribution in [1.29, 1.82) is 0 Å². The molecule has 0 saturated heterocycles. The quantitative estimate of drug-likeness (QED) is 0.784. The lowest BCUT2D eigenvalue weighted by molar-refractivity contribution is -0.139. The van der Waals surface area contributed by atoms with Crippen LogP contribution in [0.25, 0.3) is 0 Å². The highest BCUT2D eigenvalue weighted by atomic mass is 16.5. The second-order valence-electron chi connectivity index (χ2n) is 4.81. The molecule has 0 saturated carbocycles. The molecule has 1 N–H and O–H groups in total. The fraction of sp³-hybridized carbons (Fsp3) is 0.533. The van der Waals surface area contributed by atoms with E-state index in [1.807, 2.05) is 23.1 Å². The van der Waals surface area contributed by atoms with E-state index in [4.69, 9.17) is 9.84 Å². The molecular formula is C15H23NO3. The van der Waals surface area contributed by atoms with Gasteiger partial charge in [0.25, 0.3) is 0 Å². The molecule has 1 aromatic carbocycles. The maximum atomic E-state index is 10.9. The van der Waals surface area contributed by atoms with Gasteiger partial charge in [-0.05, 0) is 24.5 Å². The summed E-state index contributed by atoms with van der Waals surface area (Å²) >= 11 is 0. The molecular weight excluding hydrogens is 242 g/mol. The second kappa shape index (κ2) is 7.92. The van der Waals surface area contributed by atoms with Crippen molar-refractivity contribution < 1.29 is 14.6 Å². The number of rotatable bonds is 8. The van der Waals surface area contributed by atoms with E-state index in [2.05, 4.69) is 19.9 Å². The molecule has 0 fully saturated rings. The molecule has 1 atom stereocenters. The van der Waals surface area contributed by atoms with Crippen LogP contribution in [0.2, 0.25) is 0 Å². The lowest BCUT2D eigenvalue weighted by atomic mass is 10.1. The molecule has 0 aliphatic heterocycles. The SMILES string of the molecule is CCC(C)N(CC(=O)O)Cc1cccc(COC)c1. The van der Waals surface area contributed by atoms with Crippen molar-refractivity contribution in [3.63, 3.8) is 0 Å². The average Bonchev–Trinajstić information content (AvgIpc) is 2.37. The second-order valence-corrected chi connectivity index (χ2v) is 4.81. The minimum absolute atomic E-state index is 0.0729. The molecule has 0 spiro atoms. The van der Waals surface area contributed by atoms with Crippen LogP contribution < -0.4 is 0 Å². The van der Waals surface area contributed by atoms with E-state index in [9.17, 15) is 4.79 Å². The van der Waals surface area contributed by atoms with E-state index in [0.29, 0.717) is 13.2 Å². The Kier molecular flexibility index (Phi) is 6.53. The first-order valence-electron chi connectivity index (χ1n) is 6.59. The summed E-state index contributed by atoms with van der Waals surface area (Å²) in [5, 5.41) is 8.98. The van der Waals surface area contributed by atoms with E-state index in [0.717, 1.165) is 17.5 Å². The Morgan fingerprint density at radius 2 is 2.11 bits per heavy atom. The molecule has 0 amide bonds. The molecule has 0 heterocycles. The van der Waals surface area contributed by atoms with Gasteiger partial charge in [-0.25, -0.2) is 0 Å². The molecule has 0 aliphatic carbocycles. The van der Waals surface area contributed by atoms with Gasteiger partial charge in [-0.1, -0.05) is 31.2 Å². The third-order valence-corrected chi connectivity index (χ3v) is 3.24. The number of methoxy groups -OCH3 is 1. The fourth-order valence-corrected chi connectivity index (χ4v) is 2.02. The molecule has 0 radical (unpaired) electrons. The number of nitrogens with zero attached hydrogens (tertiary/aromatic N) is 1. The Balaban J connectivity index is 2.77. The maximum Gasteiger partial charge on any atom is 0.317 e. The van der Waals surface area contributed by atoms with Crippen molar-refractivity contribution >= 4 is 5.97 Å². The highest BCUT2D eigenvalue weighted by Gasteiger charge is 2.15. The molecule has 19 heavy (non-hydrogen) atoms. The van der Waals surface area contributed by atoms with Gasteiger partial charge in [0.15, 0.2) is 0 Å². The summed E-state index contributed by atoms with van der Waals surface area (Å²) in [6.07, 6.45) is 0.936. The number of benzene rings is 1. The van der Waals surface area contributed by atoms with Gasteiger partial charge in [-0.15, -0.1) is 0 Å². The summed E-state index contributed by atoms with van der Waals surface area (Å²) in [6, 6.07) is 8.34. The van der Waals surface area contributed by atoms with Crippen LogP contribution in [-0.4, -0.2) is 35.7 Å². The molecule has 0 bridgehead atoms. The van der Waals surface area contributed by atoms with E-state index in [1.165, 1.54) is 0 Å². The van der Waals surface area contributed by atoms with E-state index < -0.39 is 5.97 Å². The number of hydrogen-bond donors (Lipinski definition) is 1. The molecule has 1 aromatic rings. The maximum absolute atomic E-state index is 10.9. The zero-order valence-corrected chi connectivity index (χ0v) is 11.9. The predicted molar refractivity (Wildman–Crippen MR) is 75.0 cm³/mol. The van der Waals surface area contributed by atoms with Crippen molar-refractivity contribution in [2.75, 3.05) is 13.7 Å². The van der Waals surface area contributed by atoms with Gasteiger partial charge in [0.05, 0.1) is 13.2 Å². The van der Waals surface area contributed by atoms with Crippen molar-refractivity contribution in [3.8, 4) is 0 Å². The van der Waals surface area contributed by atoms with Crippen molar-refractivity contribution in [2.45, 2.75) is 39.5 Å². The van der Waals surface area contributed by atoms with Crippen LogP contribution in [0.1, 0.15) is 31.4 Å². The van der Waals surface area contributed by atoms with Crippen LogP contribution in [0, 0.1) is 0 Å². The first-order valence-corrected chi connectivity index (χ1v) is 6.59. The van der Waals surface area contributed by atoms with Gasteiger partial charge < -0.3 is 9.84 Å². The summed E-state index contributed by atoms with van der Waals surface area (Å²) in [7, 11) is 1.67. The van der Waals surface area contributed by atoms with Crippen LogP contribution in [0.15, 0.2) is 24.3 Å². The van der Waals surface area contributed by atoms with Gasteiger partial charge in [0.2, 0.25) is 0 Å². The lowest BCUT2D eigenvalue weighted by Gasteiger charge is -2.26. The van der Waals surface area contributed by atoms with Crippen LogP contribution in [0.4, 0.5) is 0 Å². The fourth-order valence-electron chi connectivity index (χ4n) is 2.02. The zero-order chi connectivity index (χ0) is 14.3. The Morgan fingerprint density at radius 1 is 1.42 bits per heavy atom. The molecule has 0 aromatic heterocycles. The monoisotopic (exact) mass is 265 g/mol. The summed E-state index contributed by atoms with van der Waals surface area (Å²) < 4.78 is 5.11. The summed E-state index contributed by atoms with van der Waals surface area (Å²) in [5.74, 6) is -0.784. The first kappa shape index (κ1) is 15.7. The van der Waals surface area contributed by atoms with Gasteiger partial charge in [0.1, 0.15) is 0 Å². The van der Waals surface area contributed by atoms with E-state index >= 15 is 0 Å². The van der Waals surface area contributed by atoms with Crippen LogP contribution in [-0.2, 0) is 22.7 Å². The Hall–Kier alpha value is -1.39. The van der Waals surface area contributed by atoms with Crippen molar-refractivity contribution in [2.24, 2.45) is 0 Å². The molecule has 1 rings (SSSR count). The number of hydrogen-bond acceptors (Lipinski definition) is 3. The summed E-state index contributed by atoms with van der Waals surface area (Å²) in [6.45, 7) is 5.43. The molecule has 4 heteroatoms. The van der Waals surface area contributed by atoms with Crippen molar-refractivity contribution in [1.82, 2.24) is 4.90 Å². The number of carboxylic acids is 1. The summed E-state index contributed by atoms with van der Waals surface area (Å²) in [4.78, 5) is 12.9. The van der Waals surface area contributed by atoms with Gasteiger partial charge in [0, 0.05) is 19.7 Å². The Morgan fingerprint density at radius 3 is 2.68 bits per heavy atom. The number of ether oxygens (including phenoxy) is 1. The third-order valence-electron chi connectivity index (χ3n) is 3.24. The summed E-state index contributed by atoms with van der Waals surface area (Å²) in [5.41, 5.74) is 2.23. The molecule has 4 nitrogen and oxygen atoms in total. The highest BCUT2D eigenvalue weighted by Crippen LogP contribution is 2.13. The van der Waals surface area contributed by atoms with Gasteiger partial charge in [-0.2, -0.15) is 0 Å². The number of aliphatic carboxylic acids is 1. The largest absolute Gasteiger partial charge is 0.480 e. The van der Waals surface area contributed by atoms with Crippen LogP contribution in [0.3, 0.4) is 0 Å². The minimum atomic E-state index is -0.784. The third kappa shape index (κ3) is 5.41. The standard InChI is InChI=1S/C15H23NO3/c1-4-12(2)16(10-15(17)18)9-13-6-5-7-14(8-13)11-19-3/h5-8,12H,4,9-11H2,1-3H3,(H,17,18). The van der Waals surface area contributed by atoms with E-state index in [1.54, 1.807) is 7.11 Å². The average molecular weight is 265 g/mol. The smallest absolute Gasteiger partial charge is 0.317 e. The normalized spacial score (nSPS) is 12.6. The molecule has 106 valence electrons. The minimum Gasteiger partial charge on any atom is -0.480 e. The lowest BCUT2D eigenvalue weighted by Crippen LogP contribution is -2.36. The Bertz CT molecular complexity index is 406. The van der Waals surface area contributed by atoms with Crippen LogP contribution in [0.5, 0.6) is 0 Å². The number of carbonyl (C=O) groups is 1. The molecule has 0 aliphatic rings. The van der Waals surface area contributed by atoms with Crippen LogP contribution >= 0.6 is 0 Å². The van der Waals surface area contributed by atoms with Crippen molar-refractivity contribution in [3.05, 3.63) is 35.4 Å². The topological polar surface area (TPSA) is 49.8 Å². The Labute approximate surface area is 115 Å². The number of carboxylic acid groups (broad SMARTS) is 1.